The molecule has 3 aliphatic rings. The first-order valence-electron chi connectivity index (χ1n) is 6.61. The highest BCUT2D eigenvalue weighted by Gasteiger charge is 2.53. The number of aromatic nitrogens is 2. The Morgan fingerprint density at radius 1 is 1.44 bits per heavy atom. The Labute approximate surface area is 96.3 Å². The van der Waals surface area contributed by atoms with Crippen LogP contribution in [0.5, 0.6) is 0 Å². The predicted octanol–water partition coefficient (Wildman–Crippen LogP) is 1.72. The van der Waals surface area contributed by atoms with Crippen molar-refractivity contribution in [2.24, 2.45) is 11.3 Å². The second kappa shape index (κ2) is 3.10. The molecular weight excluding hydrogens is 198 g/mol. The van der Waals surface area contributed by atoms with Crippen molar-refractivity contribution in [2.45, 2.75) is 45.2 Å². The van der Waals surface area contributed by atoms with E-state index in [0.29, 0.717) is 5.41 Å². The summed E-state index contributed by atoms with van der Waals surface area (Å²) in [7, 11) is 0. The molecule has 0 atom stereocenters. The van der Waals surface area contributed by atoms with Crippen LogP contribution in [0.25, 0.3) is 0 Å². The minimum atomic E-state index is 0.694. The van der Waals surface area contributed by atoms with Crippen molar-refractivity contribution >= 4 is 0 Å². The zero-order valence-electron chi connectivity index (χ0n) is 9.71. The van der Waals surface area contributed by atoms with Crippen LogP contribution >= 0.6 is 0 Å². The largest absolute Gasteiger partial charge is 0.334 e. The van der Waals surface area contributed by atoms with Gasteiger partial charge >= 0.3 is 0 Å². The fraction of sp³-hybridized carbons (Fsp3) is 0.769. The molecule has 1 aliphatic heterocycles. The second-order valence-corrected chi connectivity index (χ2v) is 5.83. The minimum Gasteiger partial charge on any atom is -0.334 e. The van der Waals surface area contributed by atoms with Crippen molar-refractivity contribution in [2.75, 3.05) is 6.54 Å². The number of rotatable bonds is 3. The molecular formula is C13H19N3. The van der Waals surface area contributed by atoms with Crippen molar-refractivity contribution < 1.29 is 0 Å². The molecule has 0 unspecified atom stereocenters. The second-order valence-electron chi connectivity index (χ2n) is 5.83. The lowest BCUT2D eigenvalue weighted by Gasteiger charge is -2.19. The molecule has 2 fully saturated rings. The number of hydrogen-bond acceptors (Lipinski definition) is 2. The Bertz CT molecular complexity index is 413. The average Bonchev–Trinajstić information content (AvgIpc) is 3.18. The van der Waals surface area contributed by atoms with Crippen molar-refractivity contribution in [1.29, 1.82) is 0 Å². The van der Waals surface area contributed by atoms with Gasteiger partial charge in [0.1, 0.15) is 0 Å². The molecule has 0 amide bonds. The van der Waals surface area contributed by atoms with Crippen LogP contribution in [0.2, 0.25) is 0 Å². The van der Waals surface area contributed by atoms with Gasteiger partial charge in [0.05, 0.1) is 12.0 Å². The highest BCUT2D eigenvalue weighted by molar-refractivity contribution is 5.17. The van der Waals surface area contributed by atoms with E-state index in [2.05, 4.69) is 21.2 Å². The lowest BCUT2D eigenvalue weighted by atomic mass is 10.0. The van der Waals surface area contributed by atoms with Crippen LogP contribution in [0.3, 0.4) is 0 Å². The molecule has 2 aliphatic carbocycles. The predicted molar refractivity (Wildman–Crippen MR) is 62.0 cm³/mol. The molecule has 1 aromatic rings. The zero-order chi connectivity index (χ0) is 10.6. The van der Waals surface area contributed by atoms with Crippen LogP contribution < -0.4 is 5.32 Å². The van der Waals surface area contributed by atoms with Gasteiger partial charge in [-0.15, -0.1) is 0 Å². The van der Waals surface area contributed by atoms with Crippen molar-refractivity contribution in [1.82, 2.24) is 14.9 Å². The van der Waals surface area contributed by atoms with E-state index < -0.39 is 0 Å². The highest BCUT2D eigenvalue weighted by Crippen LogP contribution is 2.62. The van der Waals surface area contributed by atoms with E-state index in [1.165, 1.54) is 43.6 Å². The molecule has 86 valence electrons. The first-order valence-corrected chi connectivity index (χ1v) is 6.61. The number of imidazole rings is 1. The van der Waals surface area contributed by atoms with Gasteiger partial charge in [-0.3, -0.25) is 0 Å². The van der Waals surface area contributed by atoms with Gasteiger partial charge in [0, 0.05) is 31.7 Å². The first kappa shape index (κ1) is 9.23. The van der Waals surface area contributed by atoms with Crippen molar-refractivity contribution in [3.8, 4) is 0 Å². The van der Waals surface area contributed by atoms with E-state index in [9.17, 15) is 0 Å². The SMILES string of the molecule is c1nc2c(n1CC1(C3CC3)CC1)CCNC2. The van der Waals surface area contributed by atoms with Gasteiger partial charge in [-0.25, -0.2) is 4.98 Å². The van der Waals surface area contributed by atoms with E-state index in [0.717, 1.165) is 25.4 Å². The van der Waals surface area contributed by atoms with Crippen molar-refractivity contribution in [3.63, 3.8) is 0 Å². The molecule has 4 rings (SSSR count). The number of nitrogens with one attached hydrogen (secondary N) is 1. The maximum Gasteiger partial charge on any atom is 0.0952 e. The third kappa shape index (κ3) is 1.34. The average molecular weight is 217 g/mol. The van der Waals surface area contributed by atoms with Gasteiger partial charge in [-0.2, -0.15) is 0 Å². The summed E-state index contributed by atoms with van der Waals surface area (Å²) < 4.78 is 2.46. The number of fused-ring (bicyclic) bond motifs is 1. The Hall–Kier alpha value is -0.830. The third-order valence-corrected chi connectivity index (χ3v) is 4.68. The van der Waals surface area contributed by atoms with Crippen LogP contribution in [-0.4, -0.2) is 16.1 Å². The van der Waals surface area contributed by atoms with Crippen LogP contribution in [0.15, 0.2) is 6.33 Å². The van der Waals surface area contributed by atoms with Crippen LogP contribution in [0.1, 0.15) is 37.1 Å². The molecule has 0 saturated heterocycles. The van der Waals surface area contributed by atoms with Gasteiger partial charge in [0.15, 0.2) is 0 Å². The monoisotopic (exact) mass is 217 g/mol. The van der Waals surface area contributed by atoms with Gasteiger partial charge < -0.3 is 9.88 Å². The summed E-state index contributed by atoms with van der Waals surface area (Å²) in [5, 5.41) is 3.39. The molecule has 16 heavy (non-hydrogen) atoms. The summed E-state index contributed by atoms with van der Waals surface area (Å²) in [4.78, 5) is 4.55. The van der Waals surface area contributed by atoms with E-state index >= 15 is 0 Å². The summed E-state index contributed by atoms with van der Waals surface area (Å²) in [6, 6.07) is 0. The fourth-order valence-corrected chi connectivity index (χ4v) is 3.33. The highest BCUT2D eigenvalue weighted by atomic mass is 15.1. The van der Waals surface area contributed by atoms with E-state index in [1.807, 2.05) is 0 Å². The van der Waals surface area contributed by atoms with Gasteiger partial charge in [-0.1, -0.05) is 0 Å². The number of nitrogens with zero attached hydrogens (tertiary/aromatic N) is 2. The molecule has 0 aromatic carbocycles. The topological polar surface area (TPSA) is 29.9 Å². The summed E-state index contributed by atoms with van der Waals surface area (Å²) >= 11 is 0. The van der Waals surface area contributed by atoms with Crippen LogP contribution in [-0.2, 0) is 19.5 Å². The Kier molecular flexibility index (Phi) is 1.79. The van der Waals surface area contributed by atoms with Gasteiger partial charge in [-0.05, 0) is 37.0 Å². The molecule has 1 aromatic heterocycles. The molecule has 1 N–H and O–H groups in total. The summed E-state index contributed by atoms with van der Waals surface area (Å²) in [5.74, 6) is 1.05. The maximum absolute atomic E-state index is 4.55. The summed E-state index contributed by atoms with van der Waals surface area (Å²) in [6.45, 7) is 3.34. The third-order valence-electron chi connectivity index (χ3n) is 4.68. The standard InChI is InChI=1S/C13H19N3/c1-2-10(1)13(4-5-13)8-16-9-15-11-7-14-6-3-12(11)16/h9-10,14H,1-8H2. The van der Waals surface area contributed by atoms with E-state index in [4.69, 9.17) is 0 Å². The Balaban J connectivity index is 1.60. The molecule has 2 heterocycles. The molecule has 3 heteroatoms. The molecule has 0 radical (unpaired) electrons. The Morgan fingerprint density at radius 2 is 2.31 bits per heavy atom. The molecule has 0 spiro atoms. The first-order chi connectivity index (χ1) is 7.87. The summed E-state index contributed by atoms with van der Waals surface area (Å²) in [6.07, 6.45) is 9.14. The van der Waals surface area contributed by atoms with E-state index in [1.54, 1.807) is 0 Å². The molecule has 2 saturated carbocycles. The van der Waals surface area contributed by atoms with Gasteiger partial charge in [0.25, 0.3) is 0 Å². The van der Waals surface area contributed by atoms with Crippen LogP contribution in [0.4, 0.5) is 0 Å². The van der Waals surface area contributed by atoms with Crippen LogP contribution in [0, 0.1) is 11.3 Å². The number of hydrogen-bond donors (Lipinski definition) is 1. The minimum absolute atomic E-state index is 0.694. The lowest BCUT2D eigenvalue weighted by Crippen LogP contribution is -2.26. The van der Waals surface area contributed by atoms with Crippen molar-refractivity contribution in [3.05, 3.63) is 17.7 Å². The lowest BCUT2D eigenvalue weighted by molar-refractivity contribution is 0.362. The molecule has 3 nitrogen and oxygen atoms in total. The smallest absolute Gasteiger partial charge is 0.0952 e. The van der Waals surface area contributed by atoms with E-state index in [-0.39, 0.29) is 0 Å². The maximum atomic E-state index is 4.55. The Morgan fingerprint density at radius 3 is 3.06 bits per heavy atom. The fourth-order valence-electron chi connectivity index (χ4n) is 3.33. The zero-order valence-corrected chi connectivity index (χ0v) is 9.71. The van der Waals surface area contributed by atoms with Gasteiger partial charge in [0.2, 0.25) is 0 Å². The summed E-state index contributed by atoms with van der Waals surface area (Å²) in [5.41, 5.74) is 3.49. The normalized spacial score (nSPS) is 26.5. The quantitative estimate of drug-likeness (QED) is 0.835. The molecule has 0 bridgehead atoms.